The number of piperazine rings is 1. The van der Waals surface area contributed by atoms with E-state index in [-0.39, 0.29) is 18.5 Å². The van der Waals surface area contributed by atoms with Crippen LogP contribution in [0.25, 0.3) is 0 Å². The molecule has 1 heterocycles. The average molecular weight is 294 g/mol. The fourth-order valence-electron chi connectivity index (χ4n) is 2.37. The highest BCUT2D eigenvalue weighted by Gasteiger charge is 2.36. The van der Waals surface area contributed by atoms with E-state index in [1.807, 2.05) is 4.90 Å². The Hall–Kier alpha value is -1.75. The molecule has 20 heavy (non-hydrogen) atoms. The number of hydrogen-bond donors (Lipinski definition) is 1. The van der Waals surface area contributed by atoms with Crippen LogP contribution in [0.5, 0.6) is 0 Å². The molecule has 1 saturated heterocycles. The van der Waals surface area contributed by atoms with E-state index in [0.717, 1.165) is 12.8 Å². The number of nitrogens with zero attached hydrogens (tertiary/aromatic N) is 2. The van der Waals surface area contributed by atoms with Crippen molar-refractivity contribution in [2.24, 2.45) is 0 Å². The van der Waals surface area contributed by atoms with Gasteiger partial charge in [-0.25, -0.2) is 4.79 Å². The van der Waals surface area contributed by atoms with Crippen molar-refractivity contribution in [1.82, 2.24) is 9.80 Å². The number of benzene rings is 1. The Morgan fingerprint density at radius 1 is 1.20 bits per heavy atom. The van der Waals surface area contributed by atoms with Gasteiger partial charge in [-0.1, -0.05) is 11.6 Å². The summed E-state index contributed by atoms with van der Waals surface area (Å²) in [4.78, 5) is 27.5. The van der Waals surface area contributed by atoms with Crippen molar-refractivity contribution in [3.05, 3.63) is 29.3 Å². The van der Waals surface area contributed by atoms with Gasteiger partial charge >= 0.3 is 6.03 Å². The first-order valence-electron chi connectivity index (χ1n) is 6.74. The molecule has 1 N–H and O–H groups in total. The minimum absolute atomic E-state index is 0.0463. The zero-order chi connectivity index (χ0) is 14.1. The maximum Gasteiger partial charge on any atom is 0.322 e. The smallest absolute Gasteiger partial charge is 0.322 e. The highest BCUT2D eigenvalue weighted by atomic mass is 35.5. The molecule has 1 saturated carbocycles. The average Bonchev–Trinajstić information content (AvgIpc) is 3.25. The number of carbonyl (C=O) groups excluding carboxylic acids is 2. The standard InChI is InChI=1S/C14H16ClN3O2/c15-10-1-3-11(4-2-10)16-14(20)17-7-8-18(12-5-6-12)13(19)9-17/h1-4,12H,5-9H2,(H,16,20). The lowest BCUT2D eigenvalue weighted by atomic mass is 10.3. The second-order valence-electron chi connectivity index (χ2n) is 5.18. The summed E-state index contributed by atoms with van der Waals surface area (Å²) in [7, 11) is 0. The second kappa shape index (κ2) is 5.32. The predicted molar refractivity (Wildman–Crippen MR) is 76.8 cm³/mol. The number of amides is 3. The Kier molecular flexibility index (Phi) is 3.53. The maximum absolute atomic E-state index is 12.1. The summed E-state index contributed by atoms with van der Waals surface area (Å²) in [5.74, 6) is 0.0463. The quantitative estimate of drug-likeness (QED) is 0.908. The molecule has 0 unspecified atom stereocenters. The van der Waals surface area contributed by atoms with Gasteiger partial charge < -0.3 is 15.1 Å². The van der Waals surface area contributed by atoms with E-state index in [2.05, 4.69) is 5.32 Å². The van der Waals surface area contributed by atoms with Crippen LogP contribution >= 0.6 is 11.6 Å². The molecule has 0 atom stereocenters. The summed E-state index contributed by atoms with van der Waals surface area (Å²) in [6.45, 7) is 1.38. The summed E-state index contributed by atoms with van der Waals surface area (Å²) < 4.78 is 0. The van der Waals surface area contributed by atoms with Gasteiger partial charge in [-0.05, 0) is 37.1 Å². The van der Waals surface area contributed by atoms with E-state index in [1.54, 1.807) is 29.2 Å². The fourth-order valence-corrected chi connectivity index (χ4v) is 2.49. The van der Waals surface area contributed by atoms with Gasteiger partial charge in [-0.3, -0.25) is 4.79 Å². The van der Waals surface area contributed by atoms with Gasteiger partial charge in [0.15, 0.2) is 0 Å². The van der Waals surface area contributed by atoms with Crippen molar-refractivity contribution in [3.63, 3.8) is 0 Å². The fraction of sp³-hybridized carbons (Fsp3) is 0.429. The third-order valence-electron chi connectivity index (χ3n) is 3.63. The zero-order valence-corrected chi connectivity index (χ0v) is 11.8. The van der Waals surface area contributed by atoms with Crippen LogP contribution in [-0.4, -0.2) is 47.4 Å². The Morgan fingerprint density at radius 3 is 2.50 bits per heavy atom. The molecule has 3 amide bonds. The van der Waals surface area contributed by atoms with Gasteiger partial charge in [0.2, 0.25) is 5.91 Å². The van der Waals surface area contributed by atoms with Crippen LogP contribution in [0, 0.1) is 0 Å². The number of hydrogen-bond acceptors (Lipinski definition) is 2. The molecule has 2 aliphatic rings. The van der Waals surface area contributed by atoms with Crippen LogP contribution in [0.1, 0.15) is 12.8 Å². The molecule has 6 heteroatoms. The van der Waals surface area contributed by atoms with Crippen molar-refractivity contribution >= 4 is 29.2 Å². The number of halogens is 1. The topological polar surface area (TPSA) is 52.7 Å². The van der Waals surface area contributed by atoms with E-state index in [1.165, 1.54) is 0 Å². The number of anilines is 1. The lowest BCUT2D eigenvalue weighted by molar-refractivity contribution is -0.135. The van der Waals surface area contributed by atoms with Gasteiger partial charge in [0.25, 0.3) is 0 Å². The monoisotopic (exact) mass is 293 g/mol. The summed E-state index contributed by atoms with van der Waals surface area (Å²) >= 11 is 5.79. The van der Waals surface area contributed by atoms with E-state index in [9.17, 15) is 9.59 Å². The molecule has 0 bridgehead atoms. The molecule has 0 radical (unpaired) electrons. The molecule has 5 nitrogen and oxygen atoms in total. The minimum Gasteiger partial charge on any atom is -0.336 e. The lowest BCUT2D eigenvalue weighted by Crippen LogP contribution is -2.53. The Balaban J connectivity index is 1.57. The normalized spacial score (nSPS) is 19.1. The van der Waals surface area contributed by atoms with E-state index >= 15 is 0 Å². The SMILES string of the molecule is O=C(Nc1ccc(Cl)cc1)N1CCN(C2CC2)C(=O)C1. The van der Waals surface area contributed by atoms with Gasteiger partial charge in [0.1, 0.15) is 6.54 Å². The summed E-state index contributed by atoms with van der Waals surface area (Å²) in [5.41, 5.74) is 0.677. The third kappa shape index (κ3) is 2.88. The molecule has 3 rings (SSSR count). The molecule has 1 aliphatic heterocycles. The van der Waals surface area contributed by atoms with Crippen molar-refractivity contribution in [2.45, 2.75) is 18.9 Å². The van der Waals surface area contributed by atoms with Crippen LogP contribution < -0.4 is 5.32 Å². The lowest BCUT2D eigenvalue weighted by Gasteiger charge is -2.34. The summed E-state index contributed by atoms with van der Waals surface area (Å²) in [6, 6.07) is 7.09. The van der Waals surface area contributed by atoms with E-state index < -0.39 is 0 Å². The van der Waals surface area contributed by atoms with E-state index in [0.29, 0.717) is 29.8 Å². The largest absolute Gasteiger partial charge is 0.336 e. The first kappa shape index (κ1) is 13.2. The van der Waals surface area contributed by atoms with Gasteiger partial charge in [-0.15, -0.1) is 0 Å². The minimum atomic E-state index is -0.240. The number of nitrogens with one attached hydrogen (secondary N) is 1. The van der Waals surface area contributed by atoms with Crippen molar-refractivity contribution < 1.29 is 9.59 Å². The Morgan fingerprint density at radius 2 is 1.90 bits per heavy atom. The second-order valence-corrected chi connectivity index (χ2v) is 5.61. The molecule has 1 aliphatic carbocycles. The highest BCUT2D eigenvalue weighted by molar-refractivity contribution is 6.30. The molecule has 106 valence electrons. The molecule has 0 spiro atoms. The van der Waals surface area contributed by atoms with Crippen LogP contribution in [0.15, 0.2) is 24.3 Å². The summed E-state index contributed by atoms with van der Waals surface area (Å²) in [5, 5.41) is 3.40. The molecule has 1 aromatic carbocycles. The van der Waals surface area contributed by atoms with E-state index in [4.69, 9.17) is 11.6 Å². The molecule has 2 fully saturated rings. The van der Waals surface area contributed by atoms with Crippen molar-refractivity contribution in [1.29, 1.82) is 0 Å². The van der Waals surface area contributed by atoms with Crippen molar-refractivity contribution in [3.8, 4) is 0 Å². The first-order valence-corrected chi connectivity index (χ1v) is 7.12. The zero-order valence-electron chi connectivity index (χ0n) is 11.0. The number of carbonyl (C=O) groups is 2. The first-order chi connectivity index (χ1) is 9.63. The summed E-state index contributed by atoms with van der Waals surface area (Å²) in [6.07, 6.45) is 2.20. The van der Waals surface area contributed by atoms with Gasteiger partial charge in [0.05, 0.1) is 0 Å². The molecule has 0 aromatic heterocycles. The Bertz CT molecular complexity index is 528. The van der Waals surface area contributed by atoms with Gasteiger partial charge in [0, 0.05) is 29.8 Å². The number of urea groups is 1. The molecular weight excluding hydrogens is 278 g/mol. The maximum atomic E-state index is 12.1. The van der Waals surface area contributed by atoms with Crippen molar-refractivity contribution in [2.75, 3.05) is 25.0 Å². The van der Waals surface area contributed by atoms with Crippen LogP contribution in [0.3, 0.4) is 0 Å². The number of rotatable bonds is 2. The molecule has 1 aromatic rings. The Labute approximate surface area is 122 Å². The van der Waals surface area contributed by atoms with Crippen LogP contribution in [0.4, 0.5) is 10.5 Å². The predicted octanol–water partition coefficient (Wildman–Crippen LogP) is 2.18. The van der Waals surface area contributed by atoms with Gasteiger partial charge in [-0.2, -0.15) is 0 Å². The third-order valence-corrected chi connectivity index (χ3v) is 3.88. The van der Waals surface area contributed by atoms with Crippen LogP contribution in [-0.2, 0) is 4.79 Å². The highest BCUT2D eigenvalue weighted by Crippen LogP contribution is 2.28. The molecular formula is C14H16ClN3O2. The van der Waals surface area contributed by atoms with Crippen LogP contribution in [0.2, 0.25) is 5.02 Å².